The van der Waals surface area contributed by atoms with Crippen molar-refractivity contribution >= 4 is 0 Å². The third-order valence-corrected chi connectivity index (χ3v) is 3.15. The molecule has 5 nitrogen and oxygen atoms in total. The van der Waals surface area contributed by atoms with Gasteiger partial charge in [0.05, 0.1) is 12.5 Å². The van der Waals surface area contributed by atoms with Crippen molar-refractivity contribution in [1.82, 2.24) is 15.5 Å². The Labute approximate surface area is 117 Å². The van der Waals surface area contributed by atoms with E-state index in [1.54, 1.807) is 6.26 Å². The van der Waals surface area contributed by atoms with E-state index in [0.717, 1.165) is 48.0 Å². The highest BCUT2D eigenvalue weighted by molar-refractivity contribution is 5.56. The fraction of sp³-hybridized carbons (Fsp3) is 0.267. The summed E-state index contributed by atoms with van der Waals surface area (Å²) in [7, 11) is 0. The molecule has 0 radical (unpaired) electrons. The molecule has 0 aliphatic heterocycles. The zero-order valence-electron chi connectivity index (χ0n) is 11.3. The molecule has 0 spiro atoms. The second-order valence-electron chi connectivity index (χ2n) is 4.69. The molecule has 0 aliphatic rings. The number of aromatic amines is 1. The molecule has 2 N–H and O–H groups in total. The molecule has 0 saturated heterocycles. The van der Waals surface area contributed by atoms with E-state index in [1.807, 2.05) is 37.4 Å². The molecule has 0 saturated carbocycles. The summed E-state index contributed by atoms with van der Waals surface area (Å²) in [6.07, 6.45) is 4.40. The molecule has 0 aromatic carbocycles. The van der Waals surface area contributed by atoms with Gasteiger partial charge in [0.15, 0.2) is 5.76 Å². The highest BCUT2D eigenvalue weighted by Crippen LogP contribution is 2.23. The zero-order valence-corrected chi connectivity index (χ0v) is 11.3. The van der Waals surface area contributed by atoms with Crippen LogP contribution in [0.2, 0.25) is 0 Å². The lowest BCUT2D eigenvalue weighted by Gasteiger charge is -2.03. The van der Waals surface area contributed by atoms with E-state index in [1.165, 1.54) is 0 Å². The highest BCUT2D eigenvalue weighted by atomic mass is 16.3. The van der Waals surface area contributed by atoms with Gasteiger partial charge in [-0.15, -0.1) is 0 Å². The van der Waals surface area contributed by atoms with Crippen LogP contribution >= 0.6 is 0 Å². The SMILES string of the molecule is Cc1ccc(-c2[nH]ncc2CNCCc2ccco2)o1. The van der Waals surface area contributed by atoms with Crippen LogP contribution in [0.15, 0.2) is 45.6 Å². The molecule has 3 rings (SSSR count). The lowest BCUT2D eigenvalue weighted by Crippen LogP contribution is -2.16. The Kier molecular flexibility index (Phi) is 3.69. The van der Waals surface area contributed by atoms with Crippen molar-refractivity contribution in [3.05, 3.63) is 53.8 Å². The number of nitrogens with zero attached hydrogens (tertiary/aromatic N) is 1. The van der Waals surface area contributed by atoms with Crippen molar-refractivity contribution in [2.24, 2.45) is 0 Å². The minimum Gasteiger partial charge on any atom is -0.469 e. The van der Waals surface area contributed by atoms with E-state index < -0.39 is 0 Å². The lowest BCUT2D eigenvalue weighted by molar-refractivity contribution is 0.498. The molecular formula is C15H17N3O2. The fourth-order valence-electron chi connectivity index (χ4n) is 2.12. The van der Waals surface area contributed by atoms with E-state index >= 15 is 0 Å². The summed E-state index contributed by atoms with van der Waals surface area (Å²) in [4.78, 5) is 0. The number of hydrogen-bond acceptors (Lipinski definition) is 4. The van der Waals surface area contributed by atoms with Crippen molar-refractivity contribution in [2.45, 2.75) is 19.9 Å². The Morgan fingerprint density at radius 3 is 3.00 bits per heavy atom. The number of rotatable bonds is 6. The summed E-state index contributed by atoms with van der Waals surface area (Å²) in [5.41, 5.74) is 2.03. The Bertz CT molecular complexity index is 652. The van der Waals surface area contributed by atoms with Gasteiger partial charge in [-0.3, -0.25) is 5.10 Å². The maximum atomic E-state index is 5.62. The van der Waals surface area contributed by atoms with Gasteiger partial charge in [0, 0.05) is 25.1 Å². The maximum Gasteiger partial charge on any atom is 0.152 e. The molecule has 104 valence electrons. The lowest BCUT2D eigenvalue weighted by atomic mass is 10.2. The van der Waals surface area contributed by atoms with Crippen LogP contribution < -0.4 is 5.32 Å². The highest BCUT2D eigenvalue weighted by Gasteiger charge is 2.10. The number of aryl methyl sites for hydroxylation is 1. The summed E-state index contributed by atoms with van der Waals surface area (Å²) in [5.74, 6) is 2.71. The van der Waals surface area contributed by atoms with Gasteiger partial charge in [-0.25, -0.2) is 0 Å². The summed E-state index contributed by atoms with van der Waals surface area (Å²) in [6, 6.07) is 7.79. The van der Waals surface area contributed by atoms with Crippen LogP contribution in [0.1, 0.15) is 17.1 Å². The van der Waals surface area contributed by atoms with Crippen LogP contribution in [0.4, 0.5) is 0 Å². The van der Waals surface area contributed by atoms with Crippen LogP contribution in [-0.4, -0.2) is 16.7 Å². The molecule has 0 aliphatic carbocycles. The van der Waals surface area contributed by atoms with Crippen molar-refractivity contribution in [1.29, 1.82) is 0 Å². The van der Waals surface area contributed by atoms with Crippen LogP contribution in [-0.2, 0) is 13.0 Å². The van der Waals surface area contributed by atoms with E-state index in [2.05, 4.69) is 15.5 Å². The van der Waals surface area contributed by atoms with Crippen molar-refractivity contribution in [3.63, 3.8) is 0 Å². The first-order valence-electron chi connectivity index (χ1n) is 6.65. The predicted molar refractivity (Wildman–Crippen MR) is 75.1 cm³/mol. The third-order valence-electron chi connectivity index (χ3n) is 3.15. The molecule has 3 aromatic heterocycles. The Morgan fingerprint density at radius 1 is 1.30 bits per heavy atom. The molecule has 3 aromatic rings. The Morgan fingerprint density at radius 2 is 2.25 bits per heavy atom. The van der Waals surface area contributed by atoms with Crippen LogP contribution in [0.3, 0.4) is 0 Å². The molecular weight excluding hydrogens is 254 g/mol. The monoisotopic (exact) mass is 271 g/mol. The molecule has 0 fully saturated rings. The zero-order chi connectivity index (χ0) is 13.8. The van der Waals surface area contributed by atoms with Gasteiger partial charge in [0.1, 0.15) is 17.2 Å². The minimum absolute atomic E-state index is 0.742. The van der Waals surface area contributed by atoms with Gasteiger partial charge < -0.3 is 14.2 Å². The van der Waals surface area contributed by atoms with Crippen molar-refractivity contribution in [3.8, 4) is 11.5 Å². The number of aromatic nitrogens is 2. The number of H-pyrrole nitrogens is 1. The number of hydrogen-bond donors (Lipinski definition) is 2. The van der Waals surface area contributed by atoms with Gasteiger partial charge in [-0.1, -0.05) is 0 Å². The van der Waals surface area contributed by atoms with Crippen LogP contribution in [0.25, 0.3) is 11.5 Å². The largest absolute Gasteiger partial charge is 0.469 e. The standard InChI is InChI=1S/C15H17N3O2/c1-11-4-5-14(20-11)15-12(10-17-18-15)9-16-7-6-13-3-2-8-19-13/h2-5,8,10,16H,6-7,9H2,1H3,(H,17,18). The van der Waals surface area contributed by atoms with E-state index in [9.17, 15) is 0 Å². The van der Waals surface area contributed by atoms with Crippen LogP contribution in [0.5, 0.6) is 0 Å². The molecule has 20 heavy (non-hydrogen) atoms. The van der Waals surface area contributed by atoms with Gasteiger partial charge in [0.25, 0.3) is 0 Å². The quantitative estimate of drug-likeness (QED) is 0.676. The Hall–Kier alpha value is -2.27. The van der Waals surface area contributed by atoms with Gasteiger partial charge in [-0.2, -0.15) is 5.10 Å². The molecule has 0 amide bonds. The molecule has 0 atom stereocenters. The average molecular weight is 271 g/mol. The number of nitrogens with one attached hydrogen (secondary N) is 2. The molecule has 3 heterocycles. The van der Waals surface area contributed by atoms with Crippen molar-refractivity contribution < 1.29 is 8.83 Å². The average Bonchev–Trinajstić information content (AvgIpc) is 3.16. The van der Waals surface area contributed by atoms with Crippen molar-refractivity contribution in [2.75, 3.05) is 6.54 Å². The fourth-order valence-corrected chi connectivity index (χ4v) is 2.12. The van der Waals surface area contributed by atoms with E-state index in [0.29, 0.717) is 0 Å². The minimum atomic E-state index is 0.742. The van der Waals surface area contributed by atoms with Crippen LogP contribution in [0, 0.1) is 6.92 Å². The topological polar surface area (TPSA) is 67.0 Å². The summed E-state index contributed by atoms with van der Waals surface area (Å²) >= 11 is 0. The number of furan rings is 2. The van der Waals surface area contributed by atoms with Gasteiger partial charge >= 0.3 is 0 Å². The normalized spacial score (nSPS) is 11.1. The first-order chi connectivity index (χ1) is 9.83. The van der Waals surface area contributed by atoms with E-state index in [4.69, 9.17) is 8.83 Å². The van der Waals surface area contributed by atoms with Gasteiger partial charge in [-0.05, 0) is 31.2 Å². The first-order valence-corrected chi connectivity index (χ1v) is 6.65. The van der Waals surface area contributed by atoms with Gasteiger partial charge in [0.2, 0.25) is 0 Å². The second kappa shape index (κ2) is 5.79. The summed E-state index contributed by atoms with van der Waals surface area (Å²) < 4.78 is 10.9. The third kappa shape index (κ3) is 2.83. The Balaban J connectivity index is 1.57. The molecule has 0 bridgehead atoms. The summed E-state index contributed by atoms with van der Waals surface area (Å²) in [6.45, 7) is 3.53. The van der Waals surface area contributed by atoms with E-state index in [-0.39, 0.29) is 0 Å². The maximum absolute atomic E-state index is 5.62. The smallest absolute Gasteiger partial charge is 0.152 e. The molecule has 5 heteroatoms. The summed E-state index contributed by atoms with van der Waals surface area (Å²) in [5, 5.41) is 10.5. The first kappa shape index (κ1) is 12.7. The predicted octanol–water partition coefficient (Wildman–Crippen LogP) is 2.90. The molecule has 0 unspecified atom stereocenters. The second-order valence-corrected chi connectivity index (χ2v) is 4.69.